The van der Waals surface area contributed by atoms with E-state index >= 15 is 0 Å². The van der Waals surface area contributed by atoms with E-state index < -0.39 is 5.97 Å². The first-order valence-corrected chi connectivity index (χ1v) is 4.40. The van der Waals surface area contributed by atoms with Crippen LogP contribution in [0.2, 0.25) is 0 Å². The van der Waals surface area contributed by atoms with Crippen LogP contribution in [0, 0.1) is 5.41 Å². The molecule has 0 fully saturated rings. The maximum atomic E-state index is 10.9. The number of carbonyl (C=O) groups is 2. The van der Waals surface area contributed by atoms with Gasteiger partial charge in [-0.1, -0.05) is 6.92 Å². The maximum Gasteiger partial charge on any atom is 0.303 e. The molecule has 0 aliphatic carbocycles. The van der Waals surface area contributed by atoms with Crippen molar-refractivity contribution in [2.75, 3.05) is 0 Å². The van der Waals surface area contributed by atoms with Crippen LogP contribution in [0.5, 0.6) is 0 Å². The Morgan fingerprint density at radius 1 is 1.23 bits per heavy atom. The van der Waals surface area contributed by atoms with Crippen molar-refractivity contribution in [3.05, 3.63) is 0 Å². The molecule has 0 amide bonds. The highest BCUT2D eigenvalue weighted by molar-refractivity contribution is 6.38. The molecule has 4 nitrogen and oxygen atoms in total. The minimum atomic E-state index is -0.826. The second kappa shape index (κ2) is 6.34. The summed E-state index contributed by atoms with van der Waals surface area (Å²) in [5.41, 5.74) is 0.118. The van der Waals surface area contributed by atoms with Gasteiger partial charge in [-0.3, -0.25) is 9.59 Å². The van der Waals surface area contributed by atoms with Crippen molar-refractivity contribution in [1.29, 1.82) is 5.41 Å². The van der Waals surface area contributed by atoms with E-state index in [1.807, 2.05) is 0 Å². The number of hydrogen-bond donors (Lipinski definition) is 2. The van der Waals surface area contributed by atoms with Crippen molar-refractivity contribution in [2.45, 2.75) is 39.0 Å². The van der Waals surface area contributed by atoms with Crippen molar-refractivity contribution in [2.24, 2.45) is 0 Å². The standard InChI is InChI=1S/C9H15NO3/c1-2-8(11)7(10)5-3-4-6-9(12)13/h10H,2-6H2,1H3,(H,12,13). The number of ketones is 1. The zero-order valence-electron chi connectivity index (χ0n) is 7.80. The molecule has 0 aromatic heterocycles. The van der Waals surface area contributed by atoms with Crippen molar-refractivity contribution in [3.8, 4) is 0 Å². The lowest BCUT2D eigenvalue weighted by Gasteiger charge is -1.99. The van der Waals surface area contributed by atoms with E-state index in [1.165, 1.54) is 0 Å². The summed E-state index contributed by atoms with van der Waals surface area (Å²) >= 11 is 0. The lowest BCUT2D eigenvalue weighted by Crippen LogP contribution is -2.11. The predicted octanol–water partition coefficient (Wildman–Crippen LogP) is 1.63. The van der Waals surface area contributed by atoms with Gasteiger partial charge in [0.2, 0.25) is 0 Å². The van der Waals surface area contributed by atoms with E-state index in [9.17, 15) is 9.59 Å². The molecular formula is C9H15NO3. The summed E-state index contributed by atoms with van der Waals surface area (Å²) in [4.78, 5) is 21.0. The summed E-state index contributed by atoms with van der Waals surface area (Å²) < 4.78 is 0. The van der Waals surface area contributed by atoms with Gasteiger partial charge >= 0.3 is 5.97 Å². The Kier molecular flexibility index (Phi) is 5.76. The number of nitrogens with one attached hydrogen (secondary N) is 1. The maximum absolute atomic E-state index is 10.9. The van der Waals surface area contributed by atoms with Gasteiger partial charge in [-0.25, -0.2) is 0 Å². The quantitative estimate of drug-likeness (QED) is 0.467. The van der Waals surface area contributed by atoms with Crippen LogP contribution >= 0.6 is 0 Å². The molecule has 0 rings (SSSR count). The van der Waals surface area contributed by atoms with Gasteiger partial charge in [0.25, 0.3) is 0 Å². The number of carboxylic acid groups (broad SMARTS) is 1. The lowest BCUT2D eigenvalue weighted by molar-refractivity contribution is -0.137. The fourth-order valence-electron chi connectivity index (χ4n) is 0.931. The molecule has 0 saturated heterocycles. The molecule has 0 radical (unpaired) electrons. The number of unbranched alkanes of at least 4 members (excludes halogenated alkanes) is 1. The zero-order valence-corrected chi connectivity index (χ0v) is 7.80. The van der Waals surface area contributed by atoms with Gasteiger partial charge < -0.3 is 10.5 Å². The van der Waals surface area contributed by atoms with Crippen LogP contribution in [0.4, 0.5) is 0 Å². The highest BCUT2D eigenvalue weighted by Gasteiger charge is 2.06. The van der Waals surface area contributed by atoms with Gasteiger partial charge in [0.05, 0.1) is 5.71 Å². The molecule has 0 bridgehead atoms. The number of hydrogen-bond acceptors (Lipinski definition) is 3. The fourth-order valence-corrected chi connectivity index (χ4v) is 0.931. The summed E-state index contributed by atoms with van der Waals surface area (Å²) in [5.74, 6) is -0.969. The highest BCUT2D eigenvalue weighted by atomic mass is 16.4. The number of carbonyl (C=O) groups excluding carboxylic acids is 1. The molecule has 4 heteroatoms. The van der Waals surface area contributed by atoms with Crippen LogP contribution in [0.15, 0.2) is 0 Å². The molecule has 0 atom stereocenters. The molecular weight excluding hydrogens is 170 g/mol. The molecule has 0 aliphatic heterocycles. The van der Waals surface area contributed by atoms with Crippen molar-refractivity contribution in [1.82, 2.24) is 0 Å². The van der Waals surface area contributed by atoms with Crippen LogP contribution in [0.3, 0.4) is 0 Å². The smallest absolute Gasteiger partial charge is 0.303 e. The van der Waals surface area contributed by atoms with Gasteiger partial charge in [0.15, 0.2) is 5.78 Å². The third kappa shape index (κ3) is 6.02. The Bertz CT molecular complexity index is 211. The van der Waals surface area contributed by atoms with Crippen molar-refractivity contribution in [3.63, 3.8) is 0 Å². The molecule has 0 aromatic carbocycles. The molecule has 0 aromatic rings. The van der Waals surface area contributed by atoms with E-state index in [0.29, 0.717) is 25.7 Å². The second-order valence-electron chi connectivity index (χ2n) is 2.86. The summed E-state index contributed by atoms with van der Waals surface area (Å²) in [5, 5.41) is 15.6. The Morgan fingerprint density at radius 3 is 2.23 bits per heavy atom. The third-order valence-corrected chi connectivity index (χ3v) is 1.73. The van der Waals surface area contributed by atoms with Crippen LogP contribution < -0.4 is 0 Å². The summed E-state index contributed by atoms with van der Waals surface area (Å²) in [6.45, 7) is 1.72. The molecule has 0 saturated carbocycles. The first-order chi connectivity index (χ1) is 6.07. The number of aliphatic carboxylic acids is 1. The molecule has 2 N–H and O–H groups in total. The van der Waals surface area contributed by atoms with E-state index in [1.54, 1.807) is 6.92 Å². The van der Waals surface area contributed by atoms with Gasteiger partial charge in [-0.05, 0) is 19.3 Å². The third-order valence-electron chi connectivity index (χ3n) is 1.73. The lowest BCUT2D eigenvalue weighted by atomic mass is 10.1. The number of rotatable bonds is 7. The summed E-state index contributed by atoms with van der Waals surface area (Å²) in [6, 6.07) is 0. The first-order valence-electron chi connectivity index (χ1n) is 4.40. The molecule has 13 heavy (non-hydrogen) atoms. The average molecular weight is 185 g/mol. The average Bonchev–Trinajstić information content (AvgIpc) is 2.10. The van der Waals surface area contributed by atoms with E-state index in [-0.39, 0.29) is 17.9 Å². The Labute approximate surface area is 77.5 Å². The SMILES string of the molecule is CCC(=O)C(=N)CCCCC(=O)O. The highest BCUT2D eigenvalue weighted by Crippen LogP contribution is 2.02. The van der Waals surface area contributed by atoms with Crippen LogP contribution in [-0.4, -0.2) is 22.6 Å². The van der Waals surface area contributed by atoms with Crippen LogP contribution in [0.25, 0.3) is 0 Å². The Hall–Kier alpha value is -1.19. The molecule has 74 valence electrons. The molecule has 0 unspecified atom stereocenters. The molecule has 0 spiro atoms. The minimum Gasteiger partial charge on any atom is -0.481 e. The van der Waals surface area contributed by atoms with Gasteiger partial charge in [-0.15, -0.1) is 0 Å². The largest absolute Gasteiger partial charge is 0.481 e. The van der Waals surface area contributed by atoms with Crippen molar-refractivity contribution < 1.29 is 14.7 Å². The van der Waals surface area contributed by atoms with E-state index in [2.05, 4.69) is 0 Å². The topological polar surface area (TPSA) is 78.2 Å². The van der Waals surface area contributed by atoms with E-state index in [0.717, 1.165) is 0 Å². The summed E-state index contributed by atoms with van der Waals surface area (Å²) in [7, 11) is 0. The van der Waals surface area contributed by atoms with Gasteiger partial charge in [0, 0.05) is 12.8 Å². The molecule has 0 aliphatic rings. The second-order valence-corrected chi connectivity index (χ2v) is 2.86. The molecule has 0 heterocycles. The van der Waals surface area contributed by atoms with Crippen LogP contribution in [0.1, 0.15) is 39.0 Å². The monoisotopic (exact) mass is 185 g/mol. The van der Waals surface area contributed by atoms with Gasteiger partial charge in [0.1, 0.15) is 0 Å². The number of carboxylic acids is 1. The fraction of sp³-hybridized carbons (Fsp3) is 0.667. The normalized spacial score (nSPS) is 9.62. The summed E-state index contributed by atoms with van der Waals surface area (Å²) in [6.07, 6.45) is 2.02. The predicted molar refractivity (Wildman–Crippen MR) is 49.1 cm³/mol. The first kappa shape index (κ1) is 11.8. The van der Waals surface area contributed by atoms with Crippen molar-refractivity contribution >= 4 is 17.5 Å². The Balaban J connectivity index is 3.48. The van der Waals surface area contributed by atoms with E-state index in [4.69, 9.17) is 10.5 Å². The van der Waals surface area contributed by atoms with Gasteiger partial charge in [-0.2, -0.15) is 0 Å². The zero-order chi connectivity index (χ0) is 10.3. The van der Waals surface area contributed by atoms with Crippen LogP contribution in [-0.2, 0) is 9.59 Å². The minimum absolute atomic E-state index is 0.118. The number of Topliss-reactive ketones (excluding diaryl/α,β-unsaturated/α-hetero) is 1. The Morgan fingerprint density at radius 2 is 1.77 bits per heavy atom.